The Balaban J connectivity index is 4.07. The van der Waals surface area contributed by atoms with Gasteiger partial charge in [-0.1, -0.05) is 6.92 Å². The van der Waals surface area contributed by atoms with Gasteiger partial charge in [0, 0.05) is 6.42 Å². The summed E-state index contributed by atoms with van der Waals surface area (Å²) in [6.07, 6.45) is 0.403. The summed E-state index contributed by atoms with van der Waals surface area (Å²) in [5.41, 5.74) is -1.27. The number of rotatable bonds is 8. The van der Waals surface area contributed by atoms with Crippen molar-refractivity contribution in [3.8, 4) is 0 Å². The molecular weight excluding hydrogens is 216 g/mol. The Morgan fingerprint density at radius 2 is 1.81 bits per heavy atom. The average Bonchev–Trinajstić information content (AvgIpc) is 2.27. The number of carbonyl (C=O) groups excluding carboxylic acids is 1. The fraction of sp³-hybridized carbons (Fsp3) is 0.800. The summed E-state index contributed by atoms with van der Waals surface area (Å²) in [6, 6.07) is 0. The van der Waals surface area contributed by atoms with Crippen LogP contribution in [0.5, 0.6) is 0 Å². The van der Waals surface area contributed by atoms with Crippen molar-refractivity contribution in [1.29, 1.82) is 0 Å². The molecule has 0 aliphatic rings. The van der Waals surface area contributed by atoms with E-state index in [9.17, 15) is 9.59 Å². The van der Waals surface area contributed by atoms with Crippen LogP contribution < -0.4 is 0 Å². The monoisotopic (exact) mass is 234 g/mol. The summed E-state index contributed by atoms with van der Waals surface area (Å²) in [5.74, 6) is -1.65. The Hall–Kier alpha value is -1.14. The van der Waals surface area contributed by atoms with Crippen molar-refractivity contribution in [3.63, 3.8) is 0 Å². The van der Waals surface area contributed by atoms with Crippen LogP contribution in [-0.2, 0) is 14.3 Å². The second kappa shape index (κ2) is 7.19. The molecule has 16 heavy (non-hydrogen) atoms. The van der Waals surface area contributed by atoms with Crippen molar-refractivity contribution >= 4 is 11.9 Å². The van der Waals surface area contributed by atoms with Crippen molar-refractivity contribution in [2.75, 3.05) is 19.8 Å². The van der Waals surface area contributed by atoms with Gasteiger partial charge in [-0.15, -0.1) is 0 Å². The van der Waals surface area contributed by atoms with Gasteiger partial charge in [-0.05, 0) is 12.8 Å². The van der Waals surface area contributed by atoms with Crippen LogP contribution in [0.4, 0.5) is 0 Å². The van der Waals surface area contributed by atoms with E-state index >= 15 is 0 Å². The fourth-order valence-electron chi connectivity index (χ4n) is 1.09. The summed E-state index contributed by atoms with van der Waals surface area (Å²) < 4.78 is 4.81. The molecule has 0 atom stereocenters. The Labute approximate surface area is 93.8 Å². The Bertz CT molecular complexity index is 225. The molecule has 0 aliphatic heterocycles. The Morgan fingerprint density at radius 3 is 2.19 bits per heavy atom. The van der Waals surface area contributed by atoms with Gasteiger partial charge >= 0.3 is 11.9 Å². The van der Waals surface area contributed by atoms with Gasteiger partial charge in [-0.3, -0.25) is 9.59 Å². The molecule has 0 amide bonds. The van der Waals surface area contributed by atoms with Gasteiger partial charge in [0.25, 0.3) is 0 Å². The van der Waals surface area contributed by atoms with Crippen LogP contribution in [0.3, 0.4) is 0 Å². The molecule has 6 heteroatoms. The van der Waals surface area contributed by atoms with Crippen molar-refractivity contribution in [2.24, 2.45) is 5.41 Å². The lowest BCUT2D eigenvalue weighted by Crippen LogP contribution is -2.39. The second-order valence-corrected chi connectivity index (χ2v) is 3.58. The molecule has 0 aromatic rings. The summed E-state index contributed by atoms with van der Waals surface area (Å²) >= 11 is 0. The van der Waals surface area contributed by atoms with Gasteiger partial charge in [0.05, 0.1) is 19.8 Å². The van der Waals surface area contributed by atoms with E-state index in [0.29, 0.717) is 0 Å². The first kappa shape index (κ1) is 14.9. The number of hydrogen-bond donors (Lipinski definition) is 3. The van der Waals surface area contributed by atoms with E-state index in [1.807, 2.05) is 0 Å². The molecule has 0 spiro atoms. The number of carbonyl (C=O) groups is 2. The third kappa shape index (κ3) is 4.16. The molecule has 0 aromatic heterocycles. The highest BCUT2D eigenvalue weighted by Gasteiger charge is 2.37. The SMILES string of the molecule is CCC(CO)(CO)C(=O)OCCCC(=O)O. The minimum Gasteiger partial charge on any atom is -0.481 e. The molecule has 0 unspecified atom stereocenters. The van der Waals surface area contributed by atoms with E-state index in [0.717, 1.165) is 0 Å². The van der Waals surface area contributed by atoms with E-state index in [1.165, 1.54) is 0 Å². The number of carboxylic acid groups (broad SMARTS) is 1. The summed E-state index contributed by atoms with van der Waals surface area (Å²) in [4.78, 5) is 21.7. The van der Waals surface area contributed by atoms with Crippen LogP contribution >= 0.6 is 0 Å². The van der Waals surface area contributed by atoms with Crippen molar-refractivity contribution in [2.45, 2.75) is 26.2 Å². The van der Waals surface area contributed by atoms with Gasteiger partial charge in [0.1, 0.15) is 5.41 Å². The van der Waals surface area contributed by atoms with Crippen molar-refractivity contribution in [1.82, 2.24) is 0 Å². The second-order valence-electron chi connectivity index (χ2n) is 3.58. The van der Waals surface area contributed by atoms with E-state index in [1.54, 1.807) is 6.92 Å². The number of aliphatic carboxylic acids is 1. The quantitative estimate of drug-likeness (QED) is 0.396. The first-order valence-electron chi connectivity index (χ1n) is 5.13. The smallest absolute Gasteiger partial charge is 0.316 e. The van der Waals surface area contributed by atoms with E-state index in [4.69, 9.17) is 20.1 Å². The van der Waals surface area contributed by atoms with Crippen LogP contribution in [0.2, 0.25) is 0 Å². The van der Waals surface area contributed by atoms with Crippen LogP contribution in [-0.4, -0.2) is 47.1 Å². The number of aliphatic hydroxyl groups excluding tert-OH is 2. The predicted octanol–water partition coefficient (Wildman–Crippen LogP) is -0.225. The standard InChI is InChI=1S/C10H18O6/c1-2-10(6-11,7-12)9(15)16-5-3-4-8(13)14/h11-12H,2-7H2,1H3,(H,13,14). The zero-order valence-corrected chi connectivity index (χ0v) is 9.31. The van der Waals surface area contributed by atoms with Gasteiger partial charge < -0.3 is 20.1 Å². The van der Waals surface area contributed by atoms with Crippen molar-refractivity contribution in [3.05, 3.63) is 0 Å². The third-order valence-corrected chi connectivity index (χ3v) is 2.48. The first-order valence-corrected chi connectivity index (χ1v) is 5.13. The Kier molecular flexibility index (Phi) is 6.67. The van der Waals surface area contributed by atoms with Gasteiger partial charge in [0.2, 0.25) is 0 Å². The lowest BCUT2D eigenvalue weighted by atomic mass is 9.87. The number of carboxylic acids is 1. The zero-order valence-electron chi connectivity index (χ0n) is 9.31. The largest absolute Gasteiger partial charge is 0.481 e. The highest BCUT2D eigenvalue weighted by molar-refractivity contribution is 5.77. The van der Waals surface area contributed by atoms with Crippen LogP contribution in [0.15, 0.2) is 0 Å². The normalized spacial score (nSPS) is 11.2. The van der Waals surface area contributed by atoms with E-state index < -0.39 is 30.6 Å². The van der Waals surface area contributed by atoms with E-state index in [2.05, 4.69) is 0 Å². The zero-order chi connectivity index (χ0) is 12.6. The molecule has 0 aliphatic carbocycles. The molecular formula is C10H18O6. The minimum atomic E-state index is -1.27. The molecule has 0 heterocycles. The topological polar surface area (TPSA) is 104 Å². The molecule has 0 rings (SSSR count). The first-order chi connectivity index (χ1) is 7.52. The maximum absolute atomic E-state index is 11.5. The molecule has 3 N–H and O–H groups in total. The van der Waals surface area contributed by atoms with Gasteiger partial charge in [-0.2, -0.15) is 0 Å². The molecule has 0 fully saturated rings. The lowest BCUT2D eigenvalue weighted by Gasteiger charge is -2.25. The Morgan fingerprint density at radius 1 is 1.25 bits per heavy atom. The van der Waals surface area contributed by atoms with Gasteiger partial charge in [-0.25, -0.2) is 0 Å². The minimum absolute atomic E-state index is 0.0209. The molecule has 0 saturated heterocycles. The molecule has 94 valence electrons. The maximum Gasteiger partial charge on any atom is 0.316 e. The number of hydrogen-bond acceptors (Lipinski definition) is 5. The fourth-order valence-corrected chi connectivity index (χ4v) is 1.09. The molecule has 0 saturated carbocycles. The molecule has 0 radical (unpaired) electrons. The highest BCUT2D eigenvalue weighted by atomic mass is 16.5. The summed E-state index contributed by atoms with van der Waals surface area (Å²) in [7, 11) is 0. The summed E-state index contributed by atoms with van der Waals surface area (Å²) in [6.45, 7) is 0.660. The maximum atomic E-state index is 11.5. The number of ether oxygens (including phenoxy) is 1. The van der Waals surface area contributed by atoms with Crippen LogP contribution in [0.1, 0.15) is 26.2 Å². The molecule has 0 bridgehead atoms. The summed E-state index contributed by atoms with van der Waals surface area (Å²) in [5, 5.41) is 26.4. The third-order valence-electron chi connectivity index (χ3n) is 2.48. The predicted molar refractivity (Wildman–Crippen MR) is 54.7 cm³/mol. The van der Waals surface area contributed by atoms with Crippen LogP contribution in [0.25, 0.3) is 0 Å². The van der Waals surface area contributed by atoms with Crippen molar-refractivity contribution < 1.29 is 29.6 Å². The average molecular weight is 234 g/mol. The van der Waals surface area contributed by atoms with E-state index in [-0.39, 0.29) is 25.9 Å². The lowest BCUT2D eigenvalue weighted by molar-refractivity contribution is -0.162. The van der Waals surface area contributed by atoms with Crippen LogP contribution in [0, 0.1) is 5.41 Å². The number of esters is 1. The number of aliphatic hydroxyl groups is 2. The highest BCUT2D eigenvalue weighted by Crippen LogP contribution is 2.22. The molecule has 6 nitrogen and oxygen atoms in total. The molecule has 0 aromatic carbocycles. The van der Waals surface area contributed by atoms with Gasteiger partial charge in [0.15, 0.2) is 0 Å².